The van der Waals surface area contributed by atoms with Crippen LogP contribution in [0.2, 0.25) is 0 Å². The maximum absolute atomic E-state index is 10.8. The predicted molar refractivity (Wildman–Crippen MR) is 93.9 cm³/mol. The Labute approximate surface area is 141 Å². The fourth-order valence-corrected chi connectivity index (χ4v) is 3.74. The van der Waals surface area contributed by atoms with E-state index in [4.69, 9.17) is 5.11 Å². The fraction of sp³-hybridized carbons (Fsp3) is 0.176. The fourth-order valence-electron chi connectivity index (χ4n) is 2.84. The highest BCUT2D eigenvalue weighted by Gasteiger charge is 2.15. The van der Waals surface area contributed by atoms with E-state index >= 15 is 0 Å². The average Bonchev–Trinajstić information content (AvgIpc) is 3.20. The molecule has 0 spiro atoms. The van der Waals surface area contributed by atoms with Gasteiger partial charge in [-0.25, -0.2) is 4.98 Å². The molecule has 0 radical (unpaired) electrons. The molecule has 0 saturated carbocycles. The van der Waals surface area contributed by atoms with Crippen molar-refractivity contribution in [2.75, 3.05) is 0 Å². The third-order valence-electron chi connectivity index (χ3n) is 4.01. The topological polar surface area (TPSA) is 80.4 Å². The lowest BCUT2D eigenvalue weighted by molar-refractivity contribution is 0.282. The first-order chi connectivity index (χ1) is 11.8. The molecule has 6 nitrogen and oxygen atoms in total. The van der Waals surface area contributed by atoms with Crippen LogP contribution in [-0.4, -0.2) is 19.6 Å². The minimum absolute atomic E-state index is 0.0239. The van der Waals surface area contributed by atoms with Gasteiger partial charge >= 0.3 is 0 Å². The van der Waals surface area contributed by atoms with E-state index in [1.165, 1.54) is 0 Å². The van der Waals surface area contributed by atoms with E-state index in [0.717, 1.165) is 32.4 Å². The van der Waals surface area contributed by atoms with Gasteiger partial charge in [0.1, 0.15) is 17.9 Å². The number of fused-ring (bicyclic) bond motifs is 3. The SMILES string of the molecule is O=NCc1nc2cnc3ccsc3c2n1Cc1ccc(CO)cc1. The summed E-state index contributed by atoms with van der Waals surface area (Å²) in [6.45, 7) is 0.635. The number of aliphatic hydroxyl groups is 1. The van der Waals surface area contributed by atoms with Crippen LogP contribution in [0.1, 0.15) is 17.0 Å². The molecule has 0 bridgehead atoms. The van der Waals surface area contributed by atoms with Crippen LogP contribution >= 0.6 is 11.3 Å². The zero-order valence-electron chi connectivity index (χ0n) is 12.7. The Morgan fingerprint density at radius 2 is 1.92 bits per heavy atom. The van der Waals surface area contributed by atoms with Crippen molar-refractivity contribution in [2.24, 2.45) is 5.18 Å². The van der Waals surface area contributed by atoms with Crippen LogP contribution in [0, 0.1) is 4.91 Å². The molecule has 0 atom stereocenters. The summed E-state index contributed by atoms with van der Waals surface area (Å²) in [6, 6.07) is 9.72. The smallest absolute Gasteiger partial charge is 0.139 e. The van der Waals surface area contributed by atoms with E-state index in [1.54, 1.807) is 17.5 Å². The molecule has 0 aliphatic carbocycles. The molecule has 0 saturated heterocycles. The average molecular weight is 338 g/mol. The Hall–Kier alpha value is -2.64. The molecular formula is C17H14N4O2S. The second kappa shape index (κ2) is 6.10. The van der Waals surface area contributed by atoms with E-state index in [1.807, 2.05) is 40.3 Å². The molecule has 4 aromatic rings. The van der Waals surface area contributed by atoms with E-state index in [9.17, 15) is 4.91 Å². The van der Waals surface area contributed by atoms with Crippen molar-refractivity contribution < 1.29 is 5.11 Å². The third kappa shape index (κ3) is 2.47. The molecule has 0 unspecified atom stereocenters. The zero-order chi connectivity index (χ0) is 16.5. The molecule has 24 heavy (non-hydrogen) atoms. The number of hydrogen-bond donors (Lipinski definition) is 1. The summed E-state index contributed by atoms with van der Waals surface area (Å²) < 4.78 is 3.09. The molecule has 3 heterocycles. The number of hydrogen-bond acceptors (Lipinski definition) is 6. The Balaban J connectivity index is 1.88. The third-order valence-corrected chi connectivity index (χ3v) is 4.92. The molecule has 3 aromatic heterocycles. The summed E-state index contributed by atoms with van der Waals surface area (Å²) >= 11 is 1.61. The van der Waals surface area contributed by atoms with Crippen LogP contribution in [0.5, 0.6) is 0 Å². The Kier molecular flexibility index (Phi) is 3.79. The molecule has 1 aromatic carbocycles. The molecule has 1 N–H and O–H groups in total. The number of nitroso groups, excluding NO2 is 1. The highest BCUT2D eigenvalue weighted by Crippen LogP contribution is 2.29. The first kappa shape index (κ1) is 14.9. The van der Waals surface area contributed by atoms with E-state index in [-0.39, 0.29) is 13.2 Å². The minimum Gasteiger partial charge on any atom is -0.392 e. The van der Waals surface area contributed by atoms with Gasteiger partial charge in [0.15, 0.2) is 0 Å². The first-order valence-electron chi connectivity index (χ1n) is 7.49. The summed E-state index contributed by atoms with van der Waals surface area (Å²) in [5, 5.41) is 14.2. The van der Waals surface area contributed by atoms with E-state index < -0.39 is 0 Å². The maximum Gasteiger partial charge on any atom is 0.139 e. The van der Waals surface area contributed by atoms with Crippen molar-refractivity contribution >= 4 is 32.6 Å². The monoisotopic (exact) mass is 338 g/mol. The van der Waals surface area contributed by atoms with E-state index in [0.29, 0.717) is 12.4 Å². The van der Waals surface area contributed by atoms with Crippen molar-refractivity contribution in [1.82, 2.24) is 14.5 Å². The summed E-state index contributed by atoms with van der Waals surface area (Å²) in [6.07, 6.45) is 1.74. The summed E-state index contributed by atoms with van der Waals surface area (Å²) in [7, 11) is 0. The number of aromatic nitrogens is 3. The van der Waals surface area contributed by atoms with Gasteiger partial charge in [0.05, 0.1) is 28.5 Å². The van der Waals surface area contributed by atoms with Crippen molar-refractivity contribution in [3.05, 3.63) is 63.8 Å². The largest absolute Gasteiger partial charge is 0.392 e. The summed E-state index contributed by atoms with van der Waals surface area (Å²) in [4.78, 5) is 19.8. The van der Waals surface area contributed by atoms with Gasteiger partial charge in [-0.1, -0.05) is 29.4 Å². The quantitative estimate of drug-likeness (QED) is 0.565. The van der Waals surface area contributed by atoms with Crippen molar-refractivity contribution in [2.45, 2.75) is 19.7 Å². The Bertz CT molecular complexity index is 1020. The van der Waals surface area contributed by atoms with Gasteiger partial charge in [0.25, 0.3) is 0 Å². The highest BCUT2D eigenvalue weighted by atomic mass is 32.1. The second-order valence-corrected chi connectivity index (χ2v) is 6.42. The van der Waals surface area contributed by atoms with Gasteiger partial charge in [0.2, 0.25) is 0 Å². The second-order valence-electron chi connectivity index (χ2n) is 5.50. The van der Waals surface area contributed by atoms with Crippen LogP contribution in [-0.2, 0) is 19.7 Å². The number of nitrogens with zero attached hydrogens (tertiary/aromatic N) is 4. The molecule has 7 heteroatoms. The molecule has 0 aliphatic rings. The first-order valence-corrected chi connectivity index (χ1v) is 8.37. The minimum atomic E-state index is 0.0239. The molecule has 0 amide bonds. The lowest BCUT2D eigenvalue weighted by Crippen LogP contribution is -2.05. The number of rotatable bonds is 5. The number of aliphatic hydroxyl groups excluding tert-OH is 1. The zero-order valence-corrected chi connectivity index (χ0v) is 13.5. The van der Waals surface area contributed by atoms with Crippen LogP contribution in [0.15, 0.2) is 47.1 Å². The van der Waals surface area contributed by atoms with Crippen LogP contribution in [0.25, 0.3) is 21.3 Å². The normalized spacial score (nSPS) is 11.4. The van der Waals surface area contributed by atoms with Gasteiger partial charge in [-0.3, -0.25) is 4.98 Å². The number of imidazole rings is 1. The molecular weight excluding hydrogens is 324 g/mol. The van der Waals surface area contributed by atoms with Gasteiger partial charge in [-0.05, 0) is 22.6 Å². The van der Waals surface area contributed by atoms with Crippen molar-refractivity contribution in [1.29, 1.82) is 0 Å². The molecule has 0 aliphatic heterocycles. The Morgan fingerprint density at radius 3 is 2.67 bits per heavy atom. The number of thiophene rings is 1. The van der Waals surface area contributed by atoms with Crippen molar-refractivity contribution in [3.8, 4) is 0 Å². The summed E-state index contributed by atoms with van der Waals surface area (Å²) in [5.41, 5.74) is 4.62. The van der Waals surface area contributed by atoms with Crippen LogP contribution in [0.3, 0.4) is 0 Å². The highest BCUT2D eigenvalue weighted by molar-refractivity contribution is 7.18. The number of pyridine rings is 1. The van der Waals surface area contributed by atoms with Gasteiger partial charge in [0, 0.05) is 6.54 Å². The molecule has 0 fully saturated rings. The Morgan fingerprint density at radius 1 is 1.12 bits per heavy atom. The van der Waals surface area contributed by atoms with E-state index in [2.05, 4.69) is 15.1 Å². The lowest BCUT2D eigenvalue weighted by atomic mass is 10.1. The lowest BCUT2D eigenvalue weighted by Gasteiger charge is -2.09. The summed E-state index contributed by atoms with van der Waals surface area (Å²) in [5.74, 6) is 0.633. The van der Waals surface area contributed by atoms with Crippen molar-refractivity contribution in [3.63, 3.8) is 0 Å². The van der Waals surface area contributed by atoms with Crippen LogP contribution < -0.4 is 0 Å². The maximum atomic E-state index is 10.8. The van der Waals surface area contributed by atoms with Crippen LogP contribution in [0.4, 0.5) is 0 Å². The molecule has 120 valence electrons. The molecule has 4 rings (SSSR count). The van der Waals surface area contributed by atoms with Gasteiger partial charge in [-0.2, -0.15) is 4.91 Å². The van der Waals surface area contributed by atoms with Gasteiger partial charge in [-0.15, -0.1) is 11.3 Å². The number of benzene rings is 1. The standard InChI is InChI=1S/C17H14N4O2S/c22-10-12-3-1-11(2-4-12)9-21-15(8-19-23)20-14-7-18-13-5-6-24-17(13)16(14)21/h1-7,22H,8-10H2. The van der Waals surface area contributed by atoms with Gasteiger partial charge < -0.3 is 9.67 Å². The predicted octanol–water partition coefficient (Wildman–Crippen LogP) is 3.45.